The molecule has 0 spiro atoms. The van der Waals surface area contributed by atoms with E-state index in [0.717, 1.165) is 5.56 Å². The molecule has 0 amide bonds. The maximum absolute atomic E-state index is 13.6. The van der Waals surface area contributed by atoms with Crippen LogP contribution in [0.15, 0.2) is 46.9 Å². The van der Waals surface area contributed by atoms with Crippen LogP contribution in [0.4, 0.5) is 4.39 Å². The summed E-state index contributed by atoms with van der Waals surface area (Å²) >= 11 is 3.16. The molecule has 0 unspecified atom stereocenters. The van der Waals surface area contributed by atoms with Crippen LogP contribution in [0.2, 0.25) is 0 Å². The molecule has 0 aliphatic rings. The van der Waals surface area contributed by atoms with Crippen LogP contribution in [0.5, 0.6) is 0 Å². The first-order valence-corrected chi connectivity index (χ1v) is 5.93. The molecule has 0 saturated carbocycles. The third-order valence-electron chi connectivity index (χ3n) is 2.49. The highest BCUT2D eigenvalue weighted by Gasteiger charge is 2.13. The van der Waals surface area contributed by atoms with Gasteiger partial charge in [0.1, 0.15) is 5.82 Å². The largest absolute Gasteiger partial charge is 0.288 e. The van der Waals surface area contributed by atoms with Gasteiger partial charge in [0, 0.05) is 10.0 Å². The molecule has 0 atom stereocenters. The van der Waals surface area contributed by atoms with Crippen LogP contribution in [0.25, 0.3) is 0 Å². The highest BCUT2D eigenvalue weighted by molar-refractivity contribution is 9.10. The van der Waals surface area contributed by atoms with Crippen LogP contribution in [0.1, 0.15) is 21.5 Å². The van der Waals surface area contributed by atoms with Gasteiger partial charge in [-0.25, -0.2) is 4.39 Å². The van der Waals surface area contributed by atoms with Crippen molar-refractivity contribution in [2.45, 2.75) is 6.92 Å². The van der Waals surface area contributed by atoms with Gasteiger partial charge in [-0.3, -0.25) is 4.79 Å². The zero-order valence-corrected chi connectivity index (χ0v) is 10.8. The van der Waals surface area contributed by atoms with E-state index in [1.165, 1.54) is 12.1 Å². The van der Waals surface area contributed by atoms with E-state index in [0.29, 0.717) is 10.0 Å². The van der Waals surface area contributed by atoms with E-state index in [1.54, 1.807) is 18.2 Å². The van der Waals surface area contributed by atoms with Crippen molar-refractivity contribution in [3.05, 3.63) is 69.4 Å². The van der Waals surface area contributed by atoms with Crippen molar-refractivity contribution in [2.24, 2.45) is 0 Å². The van der Waals surface area contributed by atoms with Gasteiger partial charge in [0.05, 0.1) is 5.56 Å². The van der Waals surface area contributed by atoms with Crippen LogP contribution >= 0.6 is 15.9 Å². The van der Waals surface area contributed by atoms with E-state index in [4.69, 9.17) is 0 Å². The minimum Gasteiger partial charge on any atom is -0.288 e. The summed E-state index contributed by atoms with van der Waals surface area (Å²) in [6.07, 6.45) is 0. The summed E-state index contributed by atoms with van der Waals surface area (Å²) in [6, 6.07) is 11.5. The Bertz CT molecular complexity index is 561. The lowest BCUT2D eigenvalue weighted by atomic mass is 10.0. The summed E-state index contributed by atoms with van der Waals surface area (Å²) in [6.45, 7) is 1.94. The Labute approximate surface area is 107 Å². The molecular weight excluding hydrogens is 283 g/mol. The molecule has 0 radical (unpaired) electrons. The molecule has 0 bridgehead atoms. The number of hydrogen-bond acceptors (Lipinski definition) is 1. The third kappa shape index (κ3) is 2.61. The smallest absolute Gasteiger partial charge is 0.195 e. The first kappa shape index (κ1) is 12.0. The normalized spacial score (nSPS) is 10.3. The molecule has 0 heterocycles. The van der Waals surface area contributed by atoms with Crippen molar-refractivity contribution < 1.29 is 9.18 Å². The lowest BCUT2D eigenvalue weighted by Gasteiger charge is -2.03. The van der Waals surface area contributed by atoms with Gasteiger partial charge < -0.3 is 0 Å². The predicted molar refractivity (Wildman–Crippen MR) is 68.7 cm³/mol. The van der Waals surface area contributed by atoms with Crippen LogP contribution in [0.3, 0.4) is 0 Å². The SMILES string of the molecule is Cc1ccc(C(=O)c2ccc(Br)cc2F)cc1. The second-order valence-electron chi connectivity index (χ2n) is 3.82. The van der Waals surface area contributed by atoms with Gasteiger partial charge in [-0.2, -0.15) is 0 Å². The maximum Gasteiger partial charge on any atom is 0.195 e. The quantitative estimate of drug-likeness (QED) is 0.761. The van der Waals surface area contributed by atoms with E-state index < -0.39 is 5.82 Å². The van der Waals surface area contributed by atoms with E-state index in [9.17, 15) is 9.18 Å². The molecule has 0 aliphatic carbocycles. The number of hydrogen-bond donors (Lipinski definition) is 0. The zero-order chi connectivity index (χ0) is 12.4. The van der Waals surface area contributed by atoms with Gasteiger partial charge in [0.15, 0.2) is 5.78 Å². The van der Waals surface area contributed by atoms with Crippen LogP contribution in [0, 0.1) is 12.7 Å². The molecule has 2 aromatic rings. The van der Waals surface area contributed by atoms with Crippen LogP contribution in [-0.2, 0) is 0 Å². The van der Waals surface area contributed by atoms with Crippen molar-refractivity contribution in [1.29, 1.82) is 0 Å². The second kappa shape index (κ2) is 4.80. The molecule has 3 heteroatoms. The number of carbonyl (C=O) groups is 1. The molecule has 86 valence electrons. The number of aryl methyl sites for hydroxylation is 1. The minimum atomic E-state index is -0.509. The standard InChI is InChI=1S/C14H10BrFO/c1-9-2-4-10(5-3-9)14(17)12-7-6-11(15)8-13(12)16/h2-8H,1H3. The fourth-order valence-electron chi connectivity index (χ4n) is 1.53. The van der Waals surface area contributed by atoms with Gasteiger partial charge in [0.2, 0.25) is 0 Å². The zero-order valence-electron chi connectivity index (χ0n) is 9.21. The maximum atomic E-state index is 13.6. The van der Waals surface area contributed by atoms with E-state index >= 15 is 0 Å². The van der Waals surface area contributed by atoms with E-state index in [1.807, 2.05) is 19.1 Å². The molecular formula is C14H10BrFO. The second-order valence-corrected chi connectivity index (χ2v) is 4.73. The summed E-state index contributed by atoms with van der Waals surface area (Å²) in [5, 5.41) is 0. The minimum absolute atomic E-state index is 0.0945. The number of carbonyl (C=O) groups excluding carboxylic acids is 1. The number of benzene rings is 2. The van der Waals surface area contributed by atoms with Crippen molar-refractivity contribution in [1.82, 2.24) is 0 Å². The lowest BCUT2D eigenvalue weighted by molar-refractivity contribution is 0.103. The van der Waals surface area contributed by atoms with E-state index in [-0.39, 0.29) is 11.3 Å². The molecule has 1 nitrogen and oxygen atoms in total. The first-order chi connectivity index (χ1) is 8.08. The average molecular weight is 293 g/mol. The summed E-state index contributed by atoms with van der Waals surface area (Å²) in [5.74, 6) is -0.806. The topological polar surface area (TPSA) is 17.1 Å². The van der Waals surface area contributed by atoms with Gasteiger partial charge in [-0.1, -0.05) is 45.8 Å². The Balaban J connectivity index is 2.40. The van der Waals surface area contributed by atoms with Gasteiger partial charge in [-0.15, -0.1) is 0 Å². The van der Waals surface area contributed by atoms with Crippen LogP contribution < -0.4 is 0 Å². The Morgan fingerprint density at radius 1 is 1.12 bits per heavy atom. The first-order valence-electron chi connectivity index (χ1n) is 5.14. The Hall–Kier alpha value is -1.48. The van der Waals surface area contributed by atoms with Crippen LogP contribution in [-0.4, -0.2) is 5.78 Å². The molecule has 0 aliphatic heterocycles. The van der Waals surface area contributed by atoms with Gasteiger partial charge in [0.25, 0.3) is 0 Å². The fraction of sp³-hybridized carbons (Fsp3) is 0.0714. The molecule has 0 N–H and O–H groups in total. The van der Waals surface area contributed by atoms with Crippen molar-refractivity contribution in [3.8, 4) is 0 Å². The number of rotatable bonds is 2. The Morgan fingerprint density at radius 3 is 2.35 bits per heavy atom. The molecule has 0 aromatic heterocycles. The monoisotopic (exact) mass is 292 g/mol. The molecule has 0 fully saturated rings. The van der Waals surface area contributed by atoms with Crippen molar-refractivity contribution in [3.63, 3.8) is 0 Å². The molecule has 17 heavy (non-hydrogen) atoms. The Morgan fingerprint density at radius 2 is 1.76 bits per heavy atom. The summed E-state index contributed by atoms with van der Waals surface area (Å²) in [5.41, 5.74) is 1.66. The summed E-state index contributed by atoms with van der Waals surface area (Å²) < 4.78 is 14.2. The molecule has 2 rings (SSSR count). The van der Waals surface area contributed by atoms with Gasteiger partial charge >= 0.3 is 0 Å². The highest BCUT2D eigenvalue weighted by Crippen LogP contribution is 2.18. The fourth-order valence-corrected chi connectivity index (χ4v) is 1.87. The highest BCUT2D eigenvalue weighted by atomic mass is 79.9. The third-order valence-corrected chi connectivity index (χ3v) is 2.98. The van der Waals surface area contributed by atoms with Crippen molar-refractivity contribution in [2.75, 3.05) is 0 Å². The van der Waals surface area contributed by atoms with Gasteiger partial charge in [-0.05, 0) is 25.1 Å². The number of ketones is 1. The molecule has 2 aromatic carbocycles. The van der Waals surface area contributed by atoms with Crippen molar-refractivity contribution >= 4 is 21.7 Å². The van der Waals surface area contributed by atoms with E-state index in [2.05, 4.69) is 15.9 Å². The summed E-state index contributed by atoms with van der Waals surface area (Å²) in [4.78, 5) is 12.0. The predicted octanol–water partition coefficient (Wildman–Crippen LogP) is 4.13. The Kier molecular flexibility index (Phi) is 3.38. The lowest BCUT2D eigenvalue weighted by Crippen LogP contribution is -2.04. The summed E-state index contributed by atoms with van der Waals surface area (Å²) in [7, 11) is 0. The average Bonchev–Trinajstić information content (AvgIpc) is 2.29. The molecule has 0 saturated heterocycles. The number of halogens is 2.